The lowest BCUT2D eigenvalue weighted by Gasteiger charge is -2.32. The van der Waals surface area contributed by atoms with Gasteiger partial charge in [0.05, 0.1) is 22.8 Å². The van der Waals surface area contributed by atoms with Crippen LogP contribution in [0.15, 0.2) is 23.7 Å². The number of amides is 1. The van der Waals surface area contributed by atoms with Gasteiger partial charge in [-0.3, -0.25) is 4.79 Å². The summed E-state index contributed by atoms with van der Waals surface area (Å²) in [4.78, 5) is 11.3. The molecule has 5 nitrogen and oxygen atoms in total. The van der Waals surface area contributed by atoms with Crippen LogP contribution in [0.3, 0.4) is 0 Å². The minimum atomic E-state index is -0.702. The molecular formula is C18H22BFN2O3. The highest BCUT2D eigenvalue weighted by atomic mass is 19.1. The maximum atomic E-state index is 14.2. The SMILES string of the molecule is CC(=O)NCC(=Cc1ccc(C#N)cc1F)B1OC(C)(C)C(C)(C)O1. The van der Waals surface area contributed by atoms with Crippen molar-refractivity contribution in [3.05, 3.63) is 40.6 Å². The molecule has 1 fully saturated rings. The number of benzene rings is 1. The van der Waals surface area contributed by atoms with Crippen molar-refractivity contribution >= 4 is 19.1 Å². The second-order valence-electron chi connectivity index (χ2n) is 7.07. The van der Waals surface area contributed by atoms with E-state index in [1.165, 1.54) is 25.1 Å². The van der Waals surface area contributed by atoms with Crippen LogP contribution in [0.25, 0.3) is 6.08 Å². The molecule has 1 aromatic carbocycles. The van der Waals surface area contributed by atoms with Gasteiger partial charge in [-0.1, -0.05) is 12.1 Å². The topological polar surface area (TPSA) is 71.4 Å². The fourth-order valence-electron chi connectivity index (χ4n) is 2.34. The van der Waals surface area contributed by atoms with Gasteiger partial charge in [0.1, 0.15) is 5.82 Å². The normalized spacial score (nSPS) is 18.8. The molecule has 1 heterocycles. The number of rotatable bonds is 4. The van der Waals surface area contributed by atoms with E-state index in [0.29, 0.717) is 11.0 Å². The molecular weight excluding hydrogens is 322 g/mol. The van der Waals surface area contributed by atoms with Gasteiger partial charge in [-0.15, -0.1) is 0 Å². The van der Waals surface area contributed by atoms with E-state index < -0.39 is 24.1 Å². The average Bonchev–Trinajstić information content (AvgIpc) is 2.72. The van der Waals surface area contributed by atoms with Crippen molar-refractivity contribution < 1.29 is 18.5 Å². The number of hydrogen-bond acceptors (Lipinski definition) is 4. The molecule has 0 radical (unpaired) electrons. The van der Waals surface area contributed by atoms with Crippen LogP contribution < -0.4 is 5.32 Å². The second kappa shape index (κ2) is 6.99. The second-order valence-corrected chi connectivity index (χ2v) is 7.07. The summed E-state index contributed by atoms with van der Waals surface area (Å²) >= 11 is 0. The number of hydrogen-bond donors (Lipinski definition) is 1. The molecule has 1 aliphatic rings. The third-order valence-corrected chi connectivity index (χ3v) is 4.57. The lowest BCUT2D eigenvalue weighted by atomic mass is 9.77. The van der Waals surface area contributed by atoms with Gasteiger partial charge in [-0.2, -0.15) is 5.26 Å². The van der Waals surface area contributed by atoms with Gasteiger partial charge in [0.2, 0.25) is 5.91 Å². The summed E-state index contributed by atoms with van der Waals surface area (Å²) in [7, 11) is -0.702. The predicted molar refractivity (Wildman–Crippen MR) is 93.9 cm³/mol. The van der Waals surface area contributed by atoms with Crippen molar-refractivity contribution in [1.29, 1.82) is 5.26 Å². The number of nitrogens with one attached hydrogen (secondary N) is 1. The van der Waals surface area contributed by atoms with Crippen molar-refractivity contribution in [3.8, 4) is 6.07 Å². The summed E-state index contributed by atoms with van der Waals surface area (Å²) in [6.45, 7) is 9.27. The molecule has 25 heavy (non-hydrogen) atoms. The van der Waals surface area contributed by atoms with Crippen molar-refractivity contribution in [2.45, 2.75) is 45.8 Å². The standard InChI is InChI=1S/C18H22BFN2O3/c1-12(23)22-11-15(19-24-17(2,3)18(4,5)25-19)9-14-7-6-13(10-21)8-16(14)20/h6-9H,11H2,1-5H3,(H,22,23). The molecule has 1 aromatic rings. The minimum Gasteiger partial charge on any atom is -0.400 e. The third-order valence-electron chi connectivity index (χ3n) is 4.57. The highest BCUT2D eigenvalue weighted by Gasteiger charge is 2.52. The monoisotopic (exact) mass is 344 g/mol. The molecule has 1 aliphatic heterocycles. The summed E-state index contributed by atoms with van der Waals surface area (Å²) in [5, 5.41) is 11.5. The summed E-state index contributed by atoms with van der Waals surface area (Å²) in [5.41, 5.74) is 0.0482. The Bertz CT molecular complexity index is 737. The zero-order valence-electron chi connectivity index (χ0n) is 15.1. The number of carbonyl (C=O) groups excluding carboxylic acids is 1. The fraction of sp³-hybridized carbons (Fsp3) is 0.444. The van der Waals surface area contributed by atoms with Gasteiger partial charge in [0, 0.05) is 19.0 Å². The first-order valence-electron chi connectivity index (χ1n) is 8.06. The smallest absolute Gasteiger partial charge is 0.400 e. The molecule has 0 unspecified atom stereocenters. The molecule has 132 valence electrons. The van der Waals surface area contributed by atoms with Crippen LogP contribution in [0.4, 0.5) is 4.39 Å². The number of nitrogens with zero attached hydrogens (tertiary/aromatic N) is 1. The van der Waals surface area contributed by atoms with Crippen molar-refractivity contribution in [2.24, 2.45) is 0 Å². The van der Waals surface area contributed by atoms with Crippen LogP contribution in [0, 0.1) is 17.1 Å². The summed E-state index contributed by atoms with van der Waals surface area (Å²) < 4.78 is 26.2. The molecule has 1 amide bonds. The Morgan fingerprint density at radius 2 is 1.92 bits per heavy atom. The lowest BCUT2D eigenvalue weighted by molar-refractivity contribution is -0.118. The molecule has 0 aliphatic carbocycles. The molecule has 0 aromatic heterocycles. The molecule has 1 saturated heterocycles. The Labute approximate surface area is 148 Å². The molecule has 0 atom stereocenters. The predicted octanol–water partition coefficient (Wildman–Crippen LogP) is 2.85. The quantitative estimate of drug-likeness (QED) is 0.853. The van der Waals surface area contributed by atoms with E-state index in [-0.39, 0.29) is 18.0 Å². The Balaban J connectivity index is 2.37. The molecule has 7 heteroatoms. The van der Waals surface area contributed by atoms with Gasteiger partial charge in [-0.25, -0.2) is 4.39 Å². The minimum absolute atomic E-state index is 0.172. The van der Waals surface area contributed by atoms with Gasteiger partial charge >= 0.3 is 7.12 Å². The Morgan fingerprint density at radius 3 is 2.40 bits per heavy atom. The van der Waals surface area contributed by atoms with E-state index in [9.17, 15) is 9.18 Å². The van der Waals surface area contributed by atoms with Gasteiger partial charge in [0.15, 0.2) is 0 Å². The van der Waals surface area contributed by atoms with Crippen LogP contribution in [0.2, 0.25) is 0 Å². The maximum absolute atomic E-state index is 14.2. The maximum Gasteiger partial charge on any atom is 0.492 e. The van der Waals surface area contributed by atoms with Gasteiger partial charge in [0.25, 0.3) is 0 Å². The highest BCUT2D eigenvalue weighted by Crippen LogP contribution is 2.38. The van der Waals surface area contributed by atoms with Gasteiger partial charge in [-0.05, 0) is 45.3 Å². The molecule has 0 bridgehead atoms. The zero-order valence-corrected chi connectivity index (χ0v) is 15.1. The van der Waals surface area contributed by atoms with Crippen LogP contribution in [0.5, 0.6) is 0 Å². The van der Waals surface area contributed by atoms with Crippen molar-refractivity contribution in [1.82, 2.24) is 5.32 Å². The number of carbonyl (C=O) groups is 1. The van der Waals surface area contributed by atoms with Gasteiger partial charge < -0.3 is 14.6 Å². The van der Waals surface area contributed by atoms with Crippen molar-refractivity contribution in [3.63, 3.8) is 0 Å². The first kappa shape index (κ1) is 19.2. The Morgan fingerprint density at radius 1 is 1.32 bits per heavy atom. The average molecular weight is 344 g/mol. The summed E-state index contributed by atoms with van der Waals surface area (Å²) in [6, 6.07) is 6.13. The van der Waals surface area contributed by atoms with Crippen LogP contribution in [0.1, 0.15) is 45.7 Å². The zero-order chi connectivity index (χ0) is 18.8. The van der Waals surface area contributed by atoms with Crippen molar-refractivity contribution in [2.75, 3.05) is 6.54 Å². The third kappa shape index (κ3) is 4.27. The largest absolute Gasteiger partial charge is 0.492 e. The first-order valence-corrected chi connectivity index (χ1v) is 8.06. The fourth-order valence-corrected chi connectivity index (χ4v) is 2.34. The Kier molecular flexibility index (Phi) is 5.35. The molecule has 1 N–H and O–H groups in total. The Hall–Kier alpha value is -2.17. The molecule has 0 spiro atoms. The highest BCUT2D eigenvalue weighted by molar-refractivity contribution is 6.56. The van der Waals surface area contributed by atoms with E-state index >= 15 is 0 Å². The van der Waals surface area contributed by atoms with Crippen LogP contribution in [-0.2, 0) is 14.1 Å². The van der Waals surface area contributed by atoms with E-state index in [1.54, 1.807) is 6.08 Å². The van der Waals surface area contributed by atoms with Crippen LogP contribution >= 0.6 is 0 Å². The first-order chi connectivity index (χ1) is 11.6. The summed E-state index contributed by atoms with van der Waals surface area (Å²) in [6.07, 6.45) is 1.59. The number of halogens is 1. The number of nitriles is 1. The molecule has 0 saturated carbocycles. The molecule has 2 rings (SSSR count). The van der Waals surface area contributed by atoms with E-state index in [0.717, 1.165) is 0 Å². The van der Waals surface area contributed by atoms with E-state index in [2.05, 4.69) is 5.32 Å². The lowest BCUT2D eigenvalue weighted by Crippen LogP contribution is -2.41. The van der Waals surface area contributed by atoms with E-state index in [4.69, 9.17) is 14.6 Å². The summed E-state index contributed by atoms with van der Waals surface area (Å²) in [5.74, 6) is -0.724. The van der Waals surface area contributed by atoms with Crippen LogP contribution in [-0.4, -0.2) is 30.8 Å². The van der Waals surface area contributed by atoms with E-state index in [1.807, 2.05) is 33.8 Å².